The Balaban J connectivity index is 0.000000206. The Labute approximate surface area is 79.3 Å². The van der Waals surface area contributed by atoms with E-state index in [1.165, 1.54) is 0 Å². The summed E-state index contributed by atoms with van der Waals surface area (Å²) in [7, 11) is 0. The molecule has 0 unspecified atom stereocenters. The molecule has 0 saturated heterocycles. The second-order valence-electron chi connectivity index (χ2n) is 2.05. The predicted octanol–water partition coefficient (Wildman–Crippen LogP) is 2.80. The Morgan fingerprint density at radius 3 is 0.846 bits per heavy atom. The summed E-state index contributed by atoms with van der Waals surface area (Å²) in [5.74, 6) is 0. The fraction of sp³-hybridized carbons (Fsp3) is 0.0909. The molecule has 2 rings (SSSR count). The minimum absolute atomic E-state index is 0. The van der Waals surface area contributed by atoms with Gasteiger partial charge in [0.05, 0.1) is 0 Å². The van der Waals surface area contributed by atoms with Crippen molar-refractivity contribution in [3.05, 3.63) is 61.2 Å². The van der Waals surface area contributed by atoms with Crippen molar-refractivity contribution in [2.75, 3.05) is 0 Å². The molecule has 2 aromatic heterocycles. The van der Waals surface area contributed by atoms with Gasteiger partial charge in [-0.1, -0.05) is 19.6 Å². The first-order chi connectivity index (χ1) is 6.00. The van der Waals surface area contributed by atoms with Crippen molar-refractivity contribution in [2.24, 2.45) is 0 Å². The van der Waals surface area contributed by atoms with E-state index < -0.39 is 0 Å². The standard InChI is InChI=1S/2C5H5N.CH4/c2*1-2-4-6-5-3-1;/h2*1-5H;1H4. The smallest absolute Gasteiger partial charge is 0.0267 e. The van der Waals surface area contributed by atoms with Gasteiger partial charge in [0, 0.05) is 24.8 Å². The monoisotopic (exact) mass is 174 g/mol. The largest absolute Gasteiger partial charge is 0.265 e. The van der Waals surface area contributed by atoms with Crippen LogP contribution in [-0.2, 0) is 0 Å². The van der Waals surface area contributed by atoms with E-state index in [-0.39, 0.29) is 7.43 Å². The van der Waals surface area contributed by atoms with E-state index in [1.807, 2.05) is 36.4 Å². The summed E-state index contributed by atoms with van der Waals surface area (Å²) in [6, 6.07) is 11.4. The Bertz CT molecular complexity index is 183. The maximum Gasteiger partial charge on any atom is 0.0267 e. The SMILES string of the molecule is C.c1ccncc1.c1ccncc1. The average molecular weight is 174 g/mol. The summed E-state index contributed by atoms with van der Waals surface area (Å²) >= 11 is 0. The summed E-state index contributed by atoms with van der Waals surface area (Å²) in [5, 5.41) is 0. The zero-order valence-electron chi connectivity index (χ0n) is 6.67. The number of pyridine rings is 2. The molecule has 0 radical (unpaired) electrons. The summed E-state index contributed by atoms with van der Waals surface area (Å²) < 4.78 is 0. The molecule has 0 bridgehead atoms. The number of hydrogen-bond acceptors (Lipinski definition) is 2. The van der Waals surface area contributed by atoms with E-state index in [2.05, 4.69) is 9.97 Å². The van der Waals surface area contributed by atoms with Gasteiger partial charge >= 0.3 is 0 Å². The van der Waals surface area contributed by atoms with E-state index in [0.29, 0.717) is 0 Å². The maximum atomic E-state index is 3.78. The van der Waals surface area contributed by atoms with Crippen LogP contribution < -0.4 is 0 Å². The van der Waals surface area contributed by atoms with E-state index in [1.54, 1.807) is 24.8 Å². The van der Waals surface area contributed by atoms with Crippen molar-refractivity contribution in [1.29, 1.82) is 0 Å². The van der Waals surface area contributed by atoms with Crippen LogP contribution in [0, 0.1) is 0 Å². The van der Waals surface area contributed by atoms with Crippen molar-refractivity contribution in [1.82, 2.24) is 9.97 Å². The second-order valence-corrected chi connectivity index (χ2v) is 2.05. The van der Waals surface area contributed by atoms with Crippen molar-refractivity contribution < 1.29 is 0 Å². The molecule has 13 heavy (non-hydrogen) atoms. The molecule has 2 heteroatoms. The molecule has 0 spiro atoms. The molecule has 0 atom stereocenters. The van der Waals surface area contributed by atoms with Crippen molar-refractivity contribution in [3.63, 3.8) is 0 Å². The molecule has 2 nitrogen and oxygen atoms in total. The predicted molar refractivity (Wildman–Crippen MR) is 55.2 cm³/mol. The van der Waals surface area contributed by atoms with Crippen molar-refractivity contribution in [2.45, 2.75) is 7.43 Å². The lowest BCUT2D eigenvalue weighted by Crippen LogP contribution is -1.58. The van der Waals surface area contributed by atoms with Gasteiger partial charge < -0.3 is 0 Å². The summed E-state index contributed by atoms with van der Waals surface area (Å²) in [5.41, 5.74) is 0. The minimum atomic E-state index is 0. The molecule has 0 aliphatic heterocycles. The first-order valence-electron chi connectivity index (χ1n) is 3.70. The van der Waals surface area contributed by atoms with E-state index in [9.17, 15) is 0 Å². The van der Waals surface area contributed by atoms with Gasteiger partial charge in [-0.2, -0.15) is 0 Å². The minimum Gasteiger partial charge on any atom is -0.265 e. The highest BCUT2D eigenvalue weighted by molar-refractivity contribution is 4.88. The lowest BCUT2D eigenvalue weighted by atomic mass is 10.5. The Morgan fingerprint density at radius 2 is 0.769 bits per heavy atom. The van der Waals surface area contributed by atoms with Crippen LogP contribution in [-0.4, -0.2) is 9.97 Å². The number of hydrogen-bond donors (Lipinski definition) is 0. The number of nitrogens with zero attached hydrogens (tertiary/aromatic N) is 2. The number of aromatic nitrogens is 2. The van der Waals surface area contributed by atoms with Crippen LogP contribution in [0.2, 0.25) is 0 Å². The topological polar surface area (TPSA) is 25.8 Å². The second kappa shape index (κ2) is 8.40. The van der Waals surface area contributed by atoms with Gasteiger partial charge in [0.2, 0.25) is 0 Å². The van der Waals surface area contributed by atoms with Gasteiger partial charge in [0.15, 0.2) is 0 Å². The van der Waals surface area contributed by atoms with Crippen LogP contribution >= 0.6 is 0 Å². The number of rotatable bonds is 0. The lowest BCUT2D eigenvalue weighted by Gasteiger charge is -1.70. The molecule has 0 aliphatic carbocycles. The fourth-order valence-electron chi connectivity index (χ4n) is 0.625. The molecule has 0 amide bonds. The lowest BCUT2D eigenvalue weighted by molar-refractivity contribution is 1.33. The van der Waals surface area contributed by atoms with Gasteiger partial charge in [0.1, 0.15) is 0 Å². The van der Waals surface area contributed by atoms with Crippen LogP contribution in [0.5, 0.6) is 0 Å². The molecular formula is C11H14N2. The first kappa shape index (κ1) is 11.3. The Hall–Kier alpha value is -1.70. The van der Waals surface area contributed by atoms with Gasteiger partial charge in [-0.05, 0) is 24.3 Å². The summed E-state index contributed by atoms with van der Waals surface area (Å²) in [4.78, 5) is 7.57. The zero-order valence-corrected chi connectivity index (χ0v) is 6.67. The van der Waals surface area contributed by atoms with Crippen LogP contribution in [0.25, 0.3) is 0 Å². The van der Waals surface area contributed by atoms with Crippen molar-refractivity contribution >= 4 is 0 Å². The van der Waals surface area contributed by atoms with Gasteiger partial charge in [-0.15, -0.1) is 0 Å². The Kier molecular flexibility index (Phi) is 7.30. The van der Waals surface area contributed by atoms with Gasteiger partial charge in [-0.3, -0.25) is 9.97 Å². The third-order valence-electron chi connectivity index (χ3n) is 1.13. The molecular weight excluding hydrogens is 160 g/mol. The van der Waals surface area contributed by atoms with Crippen LogP contribution in [0.3, 0.4) is 0 Å². The molecule has 0 aliphatic rings. The molecule has 0 N–H and O–H groups in total. The zero-order chi connectivity index (χ0) is 8.49. The third kappa shape index (κ3) is 6.69. The highest BCUT2D eigenvalue weighted by Crippen LogP contribution is 1.74. The summed E-state index contributed by atoms with van der Waals surface area (Å²) in [6.45, 7) is 0. The van der Waals surface area contributed by atoms with Crippen LogP contribution in [0.1, 0.15) is 7.43 Å². The highest BCUT2D eigenvalue weighted by Gasteiger charge is 1.59. The molecule has 2 heterocycles. The maximum absolute atomic E-state index is 3.78. The normalized spacial score (nSPS) is 7.38. The molecule has 0 fully saturated rings. The quantitative estimate of drug-likeness (QED) is 0.613. The molecule has 2 aromatic rings. The molecule has 0 saturated carbocycles. The fourth-order valence-corrected chi connectivity index (χ4v) is 0.625. The molecule has 0 aromatic carbocycles. The average Bonchev–Trinajstić information content (AvgIpc) is 2.24. The van der Waals surface area contributed by atoms with Crippen LogP contribution in [0.4, 0.5) is 0 Å². The molecule has 68 valence electrons. The van der Waals surface area contributed by atoms with Gasteiger partial charge in [0.25, 0.3) is 0 Å². The van der Waals surface area contributed by atoms with E-state index in [0.717, 1.165) is 0 Å². The van der Waals surface area contributed by atoms with E-state index in [4.69, 9.17) is 0 Å². The van der Waals surface area contributed by atoms with Gasteiger partial charge in [-0.25, -0.2) is 0 Å². The highest BCUT2D eigenvalue weighted by atomic mass is 14.6. The van der Waals surface area contributed by atoms with Crippen LogP contribution in [0.15, 0.2) is 61.2 Å². The van der Waals surface area contributed by atoms with E-state index >= 15 is 0 Å². The Morgan fingerprint density at radius 1 is 0.462 bits per heavy atom. The first-order valence-corrected chi connectivity index (χ1v) is 3.70. The third-order valence-corrected chi connectivity index (χ3v) is 1.13. The van der Waals surface area contributed by atoms with Crippen molar-refractivity contribution in [3.8, 4) is 0 Å². The summed E-state index contributed by atoms with van der Waals surface area (Å²) in [6.07, 6.45) is 7.00.